The molecule has 0 saturated heterocycles. The van der Waals surface area contributed by atoms with Gasteiger partial charge in [-0.1, -0.05) is 17.7 Å². The van der Waals surface area contributed by atoms with Gasteiger partial charge in [-0.15, -0.1) is 0 Å². The predicted octanol–water partition coefficient (Wildman–Crippen LogP) is 3.73. The van der Waals surface area contributed by atoms with Gasteiger partial charge in [-0.05, 0) is 24.3 Å². The van der Waals surface area contributed by atoms with E-state index in [1.54, 1.807) is 24.3 Å². The van der Waals surface area contributed by atoms with Crippen molar-refractivity contribution in [2.24, 2.45) is 0 Å². The second-order valence-electron chi connectivity index (χ2n) is 3.12. The first-order chi connectivity index (χ1) is 7.66. The van der Waals surface area contributed by atoms with E-state index in [4.69, 9.17) is 11.6 Å². The number of pyridine rings is 2. The van der Waals surface area contributed by atoms with Crippen LogP contribution in [-0.2, 0) is 0 Å². The number of halogens is 3. The van der Waals surface area contributed by atoms with Crippen molar-refractivity contribution in [3.05, 3.63) is 47.4 Å². The van der Waals surface area contributed by atoms with Crippen molar-refractivity contribution in [3.63, 3.8) is 0 Å². The van der Waals surface area contributed by atoms with Gasteiger partial charge in [0.15, 0.2) is 0 Å². The van der Waals surface area contributed by atoms with Crippen LogP contribution in [0.5, 0.6) is 0 Å². The van der Waals surface area contributed by atoms with Crippen molar-refractivity contribution >= 4 is 11.6 Å². The molecule has 16 heavy (non-hydrogen) atoms. The summed E-state index contributed by atoms with van der Waals surface area (Å²) >= 11 is 5.72. The topological polar surface area (TPSA) is 25.8 Å². The average molecular weight is 241 g/mol. The molecule has 0 bridgehead atoms. The number of nitrogens with zero attached hydrogens (tertiary/aromatic N) is 2. The molecule has 0 saturated carbocycles. The molecule has 0 aliphatic carbocycles. The van der Waals surface area contributed by atoms with Gasteiger partial charge in [-0.2, -0.15) is 0 Å². The highest BCUT2D eigenvalue weighted by Gasteiger charge is 2.10. The molecule has 2 nitrogen and oxygen atoms in total. The molecule has 82 valence electrons. The quantitative estimate of drug-likeness (QED) is 0.748. The standard InChI is InChI=1S/C11H7ClF2N2/c12-10-3-1-2-8(16-10)7-4-5-15-9(6-7)11(13)14/h1-6,11H. The molecule has 5 heteroatoms. The number of rotatable bonds is 2. The zero-order valence-electron chi connectivity index (χ0n) is 8.07. The van der Waals surface area contributed by atoms with Crippen LogP contribution in [0.15, 0.2) is 36.5 Å². The number of alkyl halides is 2. The van der Waals surface area contributed by atoms with E-state index >= 15 is 0 Å². The molecule has 0 amide bonds. The molecule has 0 N–H and O–H groups in total. The van der Waals surface area contributed by atoms with Crippen LogP contribution in [0.2, 0.25) is 5.15 Å². The summed E-state index contributed by atoms with van der Waals surface area (Å²) in [5.74, 6) is 0. The van der Waals surface area contributed by atoms with Crippen molar-refractivity contribution in [2.45, 2.75) is 6.43 Å². The lowest BCUT2D eigenvalue weighted by Crippen LogP contribution is -1.91. The van der Waals surface area contributed by atoms with E-state index < -0.39 is 6.43 Å². The number of aromatic nitrogens is 2. The summed E-state index contributed by atoms with van der Waals surface area (Å²) in [6.45, 7) is 0. The molecule has 0 aromatic carbocycles. The minimum Gasteiger partial charge on any atom is -0.255 e. The van der Waals surface area contributed by atoms with Crippen molar-refractivity contribution in [3.8, 4) is 11.3 Å². The van der Waals surface area contributed by atoms with Crippen LogP contribution in [0.25, 0.3) is 11.3 Å². The Bertz CT molecular complexity index is 503. The molecule has 2 rings (SSSR count). The molecule has 2 aromatic rings. The van der Waals surface area contributed by atoms with Gasteiger partial charge < -0.3 is 0 Å². The first kappa shape index (κ1) is 11.0. The first-order valence-corrected chi connectivity index (χ1v) is 4.91. The predicted molar refractivity (Wildman–Crippen MR) is 57.4 cm³/mol. The molecule has 0 aliphatic rings. The fourth-order valence-corrected chi connectivity index (χ4v) is 1.46. The highest BCUT2D eigenvalue weighted by molar-refractivity contribution is 6.29. The van der Waals surface area contributed by atoms with Crippen LogP contribution in [0.1, 0.15) is 12.1 Å². The third kappa shape index (κ3) is 2.33. The van der Waals surface area contributed by atoms with E-state index in [0.717, 1.165) is 0 Å². The van der Waals surface area contributed by atoms with Crippen molar-refractivity contribution < 1.29 is 8.78 Å². The maximum atomic E-state index is 12.4. The Morgan fingerprint density at radius 2 is 2.00 bits per heavy atom. The second kappa shape index (κ2) is 4.53. The fraction of sp³-hybridized carbons (Fsp3) is 0.0909. The fourth-order valence-electron chi connectivity index (χ4n) is 1.30. The second-order valence-corrected chi connectivity index (χ2v) is 3.50. The van der Waals surface area contributed by atoms with Crippen molar-refractivity contribution in [1.82, 2.24) is 9.97 Å². The molecule has 2 heterocycles. The molecule has 0 unspecified atom stereocenters. The maximum Gasteiger partial charge on any atom is 0.280 e. The van der Waals surface area contributed by atoms with Crippen LogP contribution in [-0.4, -0.2) is 9.97 Å². The molecule has 0 aliphatic heterocycles. The van der Waals surface area contributed by atoms with E-state index in [1.165, 1.54) is 12.3 Å². The number of hydrogen-bond acceptors (Lipinski definition) is 2. The Balaban J connectivity index is 2.44. The zero-order chi connectivity index (χ0) is 11.5. The summed E-state index contributed by atoms with van der Waals surface area (Å²) in [6, 6.07) is 7.97. The summed E-state index contributed by atoms with van der Waals surface area (Å²) in [7, 11) is 0. The van der Waals surface area contributed by atoms with Gasteiger partial charge in [-0.3, -0.25) is 4.98 Å². The minimum atomic E-state index is -2.58. The van der Waals surface area contributed by atoms with Gasteiger partial charge in [0.05, 0.1) is 5.69 Å². The van der Waals surface area contributed by atoms with Crippen LogP contribution >= 0.6 is 11.6 Å². The lowest BCUT2D eigenvalue weighted by atomic mass is 10.1. The summed E-state index contributed by atoms with van der Waals surface area (Å²) in [6.07, 6.45) is -1.25. The molecule has 0 fully saturated rings. The Morgan fingerprint density at radius 1 is 1.19 bits per heavy atom. The van der Waals surface area contributed by atoms with E-state index in [0.29, 0.717) is 16.4 Å². The van der Waals surface area contributed by atoms with Gasteiger partial charge >= 0.3 is 0 Å². The summed E-state index contributed by atoms with van der Waals surface area (Å²) in [5, 5.41) is 0.327. The first-order valence-electron chi connectivity index (χ1n) is 4.54. The van der Waals surface area contributed by atoms with E-state index in [1.807, 2.05) is 0 Å². The zero-order valence-corrected chi connectivity index (χ0v) is 8.83. The monoisotopic (exact) mass is 240 g/mol. The van der Waals surface area contributed by atoms with Crippen molar-refractivity contribution in [2.75, 3.05) is 0 Å². The smallest absolute Gasteiger partial charge is 0.255 e. The van der Waals surface area contributed by atoms with Gasteiger partial charge in [0.25, 0.3) is 6.43 Å². The Hall–Kier alpha value is -1.55. The molecule has 2 aromatic heterocycles. The third-order valence-corrected chi connectivity index (χ3v) is 2.23. The highest BCUT2D eigenvalue weighted by Crippen LogP contribution is 2.23. The van der Waals surface area contributed by atoms with Gasteiger partial charge in [0.1, 0.15) is 10.8 Å². The van der Waals surface area contributed by atoms with Gasteiger partial charge in [0, 0.05) is 11.8 Å². The van der Waals surface area contributed by atoms with Crippen LogP contribution in [0.4, 0.5) is 8.78 Å². The van der Waals surface area contributed by atoms with Crippen LogP contribution in [0.3, 0.4) is 0 Å². The largest absolute Gasteiger partial charge is 0.280 e. The lowest BCUT2D eigenvalue weighted by molar-refractivity contribution is 0.146. The number of hydrogen-bond donors (Lipinski definition) is 0. The summed E-state index contributed by atoms with van der Waals surface area (Å²) < 4.78 is 24.9. The normalized spacial score (nSPS) is 10.8. The van der Waals surface area contributed by atoms with Crippen LogP contribution < -0.4 is 0 Å². The SMILES string of the molecule is FC(F)c1cc(-c2cccc(Cl)n2)ccn1. The van der Waals surface area contributed by atoms with E-state index in [9.17, 15) is 8.78 Å². The molecular weight excluding hydrogens is 234 g/mol. The minimum absolute atomic E-state index is 0.265. The Labute approximate surface area is 95.9 Å². The van der Waals surface area contributed by atoms with Gasteiger partial charge in [-0.25, -0.2) is 13.8 Å². The highest BCUT2D eigenvalue weighted by atomic mass is 35.5. The third-order valence-electron chi connectivity index (χ3n) is 2.02. The van der Waals surface area contributed by atoms with Crippen molar-refractivity contribution in [1.29, 1.82) is 0 Å². The van der Waals surface area contributed by atoms with Gasteiger partial charge in [0.2, 0.25) is 0 Å². The summed E-state index contributed by atoms with van der Waals surface area (Å²) in [4.78, 5) is 7.61. The van der Waals surface area contributed by atoms with Crippen LogP contribution in [0, 0.1) is 0 Å². The molecule has 0 spiro atoms. The molecule has 0 radical (unpaired) electrons. The Morgan fingerprint density at radius 3 is 2.69 bits per heavy atom. The average Bonchev–Trinajstić information content (AvgIpc) is 2.29. The maximum absolute atomic E-state index is 12.4. The lowest BCUT2D eigenvalue weighted by Gasteiger charge is -2.03. The summed E-state index contributed by atoms with van der Waals surface area (Å²) in [5.41, 5.74) is 0.865. The van der Waals surface area contributed by atoms with E-state index in [-0.39, 0.29) is 5.69 Å². The molecular formula is C11H7ClF2N2. The Kier molecular flexibility index (Phi) is 3.10. The molecule has 0 atom stereocenters. The van der Waals surface area contributed by atoms with E-state index in [2.05, 4.69) is 9.97 Å².